The van der Waals surface area contributed by atoms with E-state index in [2.05, 4.69) is 30.9 Å². The van der Waals surface area contributed by atoms with Gasteiger partial charge in [0.05, 0.1) is 0 Å². The van der Waals surface area contributed by atoms with Crippen LogP contribution in [0.1, 0.15) is 74.2 Å². The molecule has 3 rings (SSSR count). The van der Waals surface area contributed by atoms with Crippen molar-refractivity contribution in [2.45, 2.75) is 64.8 Å². The minimum Gasteiger partial charge on any atom is -0.410 e. The average molecular weight is 406 g/mol. The van der Waals surface area contributed by atoms with Crippen molar-refractivity contribution in [3.8, 4) is 0 Å². The van der Waals surface area contributed by atoms with Gasteiger partial charge in [0, 0.05) is 0 Å². The van der Waals surface area contributed by atoms with E-state index >= 15 is 0 Å². The van der Waals surface area contributed by atoms with E-state index in [0.717, 1.165) is 0 Å². The first-order valence-corrected chi connectivity index (χ1v) is 9.61. The monoisotopic (exact) mass is 406 g/mol. The quantitative estimate of drug-likeness (QED) is 0.361. The van der Waals surface area contributed by atoms with Crippen LogP contribution < -0.4 is 5.73 Å². The molecule has 3 heterocycles. The molecule has 13 nitrogen and oxygen atoms in total. The lowest BCUT2D eigenvalue weighted by molar-refractivity contribution is 0.134. The summed E-state index contributed by atoms with van der Waals surface area (Å²) in [5, 5.41) is 54.0. The predicted molar refractivity (Wildman–Crippen MR) is 97.7 cm³/mol. The van der Waals surface area contributed by atoms with Gasteiger partial charge in [-0.2, -0.15) is 0 Å². The van der Waals surface area contributed by atoms with Gasteiger partial charge in [-0.25, -0.2) is 0 Å². The van der Waals surface area contributed by atoms with Gasteiger partial charge in [0.25, 0.3) is 0 Å². The molecule has 0 aliphatic rings. The number of hydrogen-bond acceptors (Lipinski definition) is 10. The minimum atomic E-state index is -1.65. The van der Waals surface area contributed by atoms with E-state index in [1.807, 2.05) is 20.8 Å². The molecular formula is C16H26N10O3. The Bertz CT molecular complexity index is 854. The maximum absolute atomic E-state index is 10.2. The lowest BCUT2D eigenvalue weighted by Gasteiger charge is -2.26. The van der Waals surface area contributed by atoms with Crippen LogP contribution >= 0.6 is 0 Å². The lowest BCUT2D eigenvalue weighted by Crippen LogP contribution is -2.43. The SMILES string of the molecule is CCCc1c(C(N)(c2nnn(O)c2CCC)c2nnn(O)c2CCC)nnn1O. The van der Waals surface area contributed by atoms with Gasteiger partial charge in [-0.3, -0.25) is 0 Å². The molecule has 29 heavy (non-hydrogen) atoms. The number of hydrogen-bond donors (Lipinski definition) is 4. The van der Waals surface area contributed by atoms with E-state index in [1.165, 1.54) is 0 Å². The van der Waals surface area contributed by atoms with Gasteiger partial charge in [-0.15, -0.1) is 15.3 Å². The third-order valence-electron chi connectivity index (χ3n) is 4.81. The molecule has 0 radical (unpaired) electrons. The summed E-state index contributed by atoms with van der Waals surface area (Å²) in [6.45, 7) is 5.82. The summed E-state index contributed by atoms with van der Waals surface area (Å²) in [4.78, 5) is 2.02. The van der Waals surface area contributed by atoms with Crippen molar-refractivity contribution < 1.29 is 15.6 Å². The van der Waals surface area contributed by atoms with Gasteiger partial charge in [0.15, 0.2) is 5.54 Å². The number of nitrogens with two attached hydrogens (primary N) is 1. The molecule has 5 N–H and O–H groups in total. The molecule has 13 heteroatoms. The third kappa shape index (κ3) is 3.26. The Labute approximate surface area is 166 Å². The Hall–Kier alpha value is -3.22. The molecule has 0 aromatic carbocycles. The molecular weight excluding hydrogens is 380 g/mol. The fourth-order valence-corrected chi connectivity index (χ4v) is 3.50. The largest absolute Gasteiger partial charge is 0.410 e. The second-order valence-electron chi connectivity index (χ2n) is 6.88. The molecule has 3 aromatic heterocycles. The van der Waals surface area contributed by atoms with Gasteiger partial charge < -0.3 is 21.4 Å². The van der Waals surface area contributed by atoms with Crippen LogP contribution in [-0.4, -0.2) is 61.1 Å². The van der Waals surface area contributed by atoms with Crippen LogP contribution in [0.15, 0.2) is 0 Å². The fourth-order valence-electron chi connectivity index (χ4n) is 3.50. The summed E-state index contributed by atoms with van der Waals surface area (Å²) in [5.41, 5.74) is 7.01. The Morgan fingerprint density at radius 1 is 0.655 bits per heavy atom. The first-order valence-electron chi connectivity index (χ1n) is 9.61. The van der Waals surface area contributed by atoms with E-state index in [0.29, 0.717) is 70.1 Å². The van der Waals surface area contributed by atoms with Crippen LogP contribution in [-0.2, 0) is 24.8 Å². The molecule has 0 bridgehead atoms. The second-order valence-corrected chi connectivity index (χ2v) is 6.88. The minimum absolute atomic E-state index is 0.206. The second kappa shape index (κ2) is 8.03. The van der Waals surface area contributed by atoms with Crippen LogP contribution in [0.25, 0.3) is 0 Å². The van der Waals surface area contributed by atoms with Crippen LogP contribution in [0.5, 0.6) is 0 Å². The third-order valence-corrected chi connectivity index (χ3v) is 4.81. The Kier molecular flexibility index (Phi) is 5.68. The van der Waals surface area contributed by atoms with Crippen LogP contribution in [0.4, 0.5) is 0 Å². The van der Waals surface area contributed by atoms with Gasteiger partial charge >= 0.3 is 0 Å². The summed E-state index contributed by atoms with van der Waals surface area (Å²) < 4.78 is 0. The van der Waals surface area contributed by atoms with Crippen molar-refractivity contribution in [2.24, 2.45) is 5.73 Å². The highest BCUT2D eigenvalue weighted by Gasteiger charge is 2.47. The molecule has 0 saturated heterocycles. The van der Waals surface area contributed by atoms with E-state index in [1.54, 1.807) is 0 Å². The van der Waals surface area contributed by atoms with Crippen molar-refractivity contribution in [1.29, 1.82) is 0 Å². The predicted octanol–water partition coefficient (Wildman–Crippen LogP) is 0.281. The zero-order valence-electron chi connectivity index (χ0n) is 16.7. The zero-order valence-corrected chi connectivity index (χ0v) is 16.7. The molecule has 0 spiro atoms. The van der Waals surface area contributed by atoms with E-state index < -0.39 is 5.54 Å². The van der Waals surface area contributed by atoms with Crippen molar-refractivity contribution in [1.82, 2.24) is 45.5 Å². The molecule has 0 unspecified atom stereocenters. The molecule has 0 aliphatic heterocycles. The van der Waals surface area contributed by atoms with E-state index in [-0.39, 0.29) is 17.1 Å². The summed E-state index contributed by atoms with van der Waals surface area (Å²) in [6.07, 6.45) is 3.39. The summed E-state index contributed by atoms with van der Waals surface area (Å²) >= 11 is 0. The van der Waals surface area contributed by atoms with Crippen molar-refractivity contribution in [2.75, 3.05) is 0 Å². The topological polar surface area (TPSA) is 179 Å². The fraction of sp³-hybridized carbons (Fsp3) is 0.625. The number of nitrogens with zero attached hydrogens (tertiary/aromatic N) is 9. The van der Waals surface area contributed by atoms with Crippen LogP contribution in [0.2, 0.25) is 0 Å². The average Bonchev–Trinajstić information content (AvgIpc) is 3.36. The maximum Gasteiger partial charge on any atom is 0.155 e. The standard InChI is InChI=1S/C16H26N10O3/c1-4-7-10-13(18-21-24(10)27)16(17,14-11(8-5-2)25(28)22-19-14)15-12(9-6-3)26(29)23-20-15/h27-29H,4-9,17H2,1-3H3. The molecule has 0 amide bonds. The first kappa shape index (κ1) is 20.5. The van der Waals surface area contributed by atoms with Gasteiger partial charge in [-0.1, -0.05) is 54.6 Å². The molecule has 3 aromatic rings. The van der Waals surface area contributed by atoms with Gasteiger partial charge in [0.2, 0.25) is 0 Å². The van der Waals surface area contributed by atoms with Gasteiger partial charge in [0.1, 0.15) is 34.2 Å². The smallest absolute Gasteiger partial charge is 0.155 e. The highest BCUT2D eigenvalue weighted by molar-refractivity contribution is 5.45. The highest BCUT2D eigenvalue weighted by atomic mass is 16.5. The normalized spacial score (nSPS) is 12.0. The number of rotatable bonds is 9. The van der Waals surface area contributed by atoms with E-state index in [9.17, 15) is 15.6 Å². The molecule has 158 valence electrons. The van der Waals surface area contributed by atoms with E-state index in [4.69, 9.17) is 5.73 Å². The molecule has 0 aliphatic carbocycles. The Morgan fingerprint density at radius 2 is 0.931 bits per heavy atom. The van der Waals surface area contributed by atoms with Crippen molar-refractivity contribution in [3.05, 3.63) is 34.2 Å². The lowest BCUT2D eigenvalue weighted by atomic mass is 9.83. The van der Waals surface area contributed by atoms with Crippen LogP contribution in [0.3, 0.4) is 0 Å². The molecule has 0 fully saturated rings. The maximum atomic E-state index is 10.2. The van der Waals surface area contributed by atoms with Crippen molar-refractivity contribution >= 4 is 0 Å². The summed E-state index contributed by atoms with van der Waals surface area (Å²) in [7, 11) is 0. The number of aromatic nitrogens is 9. The van der Waals surface area contributed by atoms with Gasteiger partial charge in [-0.05, 0) is 34.9 Å². The first-order chi connectivity index (χ1) is 13.9. The summed E-state index contributed by atoms with van der Waals surface area (Å²) in [6, 6.07) is 0. The Balaban J connectivity index is 2.35. The zero-order chi connectivity index (χ0) is 21.2. The van der Waals surface area contributed by atoms with Crippen molar-refractivity contribution in [3.63, 3.8) is 0 Å². The molecule has 0 atom stereocenters. The summed E-state index contributed by atoms with van der Waals surface area (Å²) in [5.74, 6) is 0. The van der Waals surface area contributed by atoms with Crippen LogP contribution in [0, 0.1) is 0 Å². The Morgan fingerprint density at radius 3 is 1.17 bits per heavy atom. The highest BCUT2D eigenvalue weighted by Crippen LogP contribution is 2.36. The molecule has 0 saturated carbocycles.